The van der Waals surface area contributed by atoms with E-state index in [1.165, 1.54) is 0 Å². The number of hydrogen-bond donors (Lipinski definition) is 1. The van der Waals surface area contributed by atoms with Gasteiger partial charge in [-0.05, 0) is 73.7 Å². The van der Waals surface area contributed by atoms with E-state index in [1.807, 2.05) is 85.1 Å². The van der Waals surface area contributed by atoms with E-state index in [-0.39, 0.29) is 36.2 Å². The molecule has 1 aromatic heterocycles. The molecule has 5 rings (SSSR count). The van der Waals surface area contributed by atoms with Gasteiger partial charge in [-0.15, -0.1) is 5.10 Å². The van der Waals surface area contributed by atoms with Crippen LogP contribution in [0.2, 0.25) is 18.6 Å². The Balaban J connectivity index is 1.23. The maximum atomic E-state index is 15.7. The molecule has 0 radical (unpaired) electrons. The summed E-state index contributed by atoms with van der Waals surface area (Å²) in [6, 6.07) is 27.4. The van der Waals surface area contributed by atoms with Gasteiger partial charge in [-0.2, -0.15) is 0 Å². The summed E-state index contributed by atoms with van der Waals surface area (Å²) in [5.41, 5.74) is 4.32. The van der Waals surface area contributed by atoms with E-state index in [2.05, 4.69) is 23.3 Å². The third-order valence-electron chi connectivity index (χ3n) is 8.68. The number of rotatable bonds is 13. The third kappa shape index (κ3) is 7.29. The Morgan fingerprint density at radius 3 is 2.37 bits per heavy atom. The number of hydrogen-bond acceptors (Lipinski definition) is 5. The number of amides is 1. The van der Waals surface area contributed by atoms with Crippen molar-refractivity contribution in [2.45, 2.75) is 69.5 Å². The smallest absolute Gasteiger partial charge is 0.246 e. The summed E-state index contributed by atoms with van der Waals surface area (Å²) >= 11 is 0. The van der Waals surface area contributed by atoms with Gasteiger partial charge in [0, 0.05) is 29.7 Å². The van der Waals surface area contributed by atoms with Crippen LogP contribution in [-0.2, 0) is 22.5 Å². The maximum absolute atomic E-state index is 15.7. The highest BCUT2D eigenvalue weighted by Gasteiger charge is 2.50. The number of nitrogens with zero attached hydrogens (tertiary/aromatic N) is 4. The molecule has 1 saturated heterocycles. The number of aromatic nitrogens is 3. The SMILES string of the molecule is C[C@H]1[C@H]([Si](C)(C)F)[C@@H](CCn2cc(C(CO)c3ccccc3)nn2)O[C@H]1CCc1cccc(N(C=O)c2ccccc2)c1. The molecule has 1 fully saturated rings. The van der Waals surface area contributed by atoms with E-state index < -0.39 is 8.41 Å². The van der Waals surface area contributed by atoms with Crippen molar-refractivity contribution in [1.82, 2.24) is 15.0 Å². The Labute approximate surface area is 254 Å². The van der Waals surface area contributed by atoms with Gasteiger partial charge in [-0.3, -0.25) is 14.4 Å². The van der Waals surface area contributed by atoms with E-state index in [9.17, 15) is 9.90 Å². The first-order valence-corrected chi connectivity index (χ1v) is 18.0. The van der Waals surface area contributed by atoms with Crippen LogP contribution in [0.25, 0.3) is 0 Å². The average Bonchev–Trinajstić information content (AvgIpc) is 3.61. The van der Waals surface area contributed by atoms with E-state index in [0.29, 0.717) is 18.7 Å². The van der Waals surface area contributed by atoms with Gasteiger partial charge >= 0.3 is 0 Å². The van der Waals surface area contributed by atoms with Crippen molar-refractivity contribution in [1.29, 1.82) is 0 Å². The van der Waals surface area contributed by atoms with Crippen LogP contribution < -0.4 is 4.90 Å². The lowest BCUT2D eigenvalue weighted by molar-refractivity contribution is -0.106. The Hall–Kier alpha value is -3.66. The zero-order chi connectivity index (χ0) is 30.4. The van der Waals surface area contributed by atoms with Crippen molar-refractivity contribution in [3.8, 4) is 0 Å². The molecule has 0 aliphatic carbocycles. The molecule has 1 N–H and O–H groups in total. The lowest BCUT2D eigenvalue weighted by atomic mass is 9.95. The second kappa shape index (κ2) is 13.8. The van der Waals surface area contributed by atoms with Crippen molar-refractivity contribution >= 4 is 26.2 Å². The first-order valence-electron chi connectivity index (χ1n) is 15.1. The minimum atomic E-state index is -3.02. The Kier molecular flexibility index (Phi) is 9.85. The zero-order valence-corrected chi connectivity index (χ0v) is 26.1. The van der Waals surface area contributed by atoms with Crippen LogP contribution in [0.5, 0.6) is 0 Å². The Morgan fingerprint density at radius 1 is 1.00 bits per heavy atom. The number of anilines is 2. The first kappa shape index (κ1) is 30.8. The molecule has 1 aliphatic heterocycles. The van der Waals surface area contributed by atoms with Gasteiger partial charge in [0.15, 0.2) is 0 Å². The molecule has 0 saturated carbocycles. The van der Waals surface area contributed by atoms with E-state index in [4.69, 9.17) is 4.74 Å². The summed E-state index contributed by atoms with van der Waals surface area (Å²) in [5, 5.41) is 18.7. The normalized spacial score (nSPS) is 21.0. The van der Waals surface area contributed by atoms with Gasteiger partial charge in [0.1, 0.15) is 0 Å². The molecular weight excluding hydrogens is 559 g/mol. The molecule has 226 valence electrons. The maximum Gasteiger partial charge on any atom is 0.246 e. The molecule has 3 aromatic carbocycles. The topological polar surface area (TPSA) is 80.5 Å². The number of halogens is 1. The minimum absolute atomic E-state index is 0.0550. The lowest BCUT2D eigenvalue weighted by Gasteiger charge is -2.28. The molecule has 5 atom stereocenters. The third-order valence-corrected chi connectivity index (χ3v) is 11.2. The molecule has 2 heterocycles. The number of para-hydroxylation sites is 1. The minimum Gasteiger partial charge on any atom is -0.395 e. The van der Waals surface area contributed by atoms with Crippen molar-refractivity contribution in [2.75, 3.05) is 11.5 Å². The fourth-order valence-corrected chi connectivity index (χ4v) is 9.17. The fraction of sp³-hybridized carbons (Fsp3) is 0.382. The van der Waals surface area contributed by atoms with Crippen LogP contribution in [0.15, 0.2) is 91.1 Å². The number of aryl methyl sites for hydroxylation is 2. The Morgan fingerprint density at radius 2 is 1.70 bits per heavy atom. The molecule has 0 bridgehead atoms. The molecule has 1 aliphatic rings. The summed E-state index contributed by atoms with van der Waals surface area (Å²) in [5.74, 6) is -0.143. The highest BCUT2D eigenvalue weighted by Crippen LogP contribution is 2.47. The second-order valence-electron chi connectivity index (χ2n) is 12.0. The largest absolute Gasteiger partial charge is 0.395 e. The van der Waals surface area contributed by atoms with Crippen LogP contribution in [-0.4, -0.2) is 53.7 Å². The van der Waals surface area contributed by atoms with E-state index in [0.717, 1.165) is 41.8 Å². The standard InChI is InChI=1S/C34H41FN4O3Si/c1-25-32(18-17-26-11-10-16-29(21-26)39(24-41)28-14-8-5-9-15-28)42-33(34(25)43(2,3)35)19-20-38-22-31(36-37-38)30(23-40)27-12-6-4-7-13-27/h4-16,21-22,24-25,30,32-34,40H,17-20,23H2,1-3H3/t25-,30?,32+,33-,34+/m1/s1. The number of ether oxygens (including phenoxy) is 1. The predicted molar refractivity (Wildman–Crippen MR) is 170 cm³/mol. The summed E-state index contributed by atoms with van der Waals surface area (Å²) in [6.45, 7) is 6.21. The quantitative estimate of drug-likeness (QED) is 0.105. The number of benzene rings is 3. The second-order valence-corrected chi connectivity index (χ2v) is 15.8. The van der Waals surface area contributed by atoms with Crippen LogP contribution in [0.4, 0.5) is 15.5 Å². The summed E-state index contributed by atoms with van der Waals surface area (Å²) in [4.78, 5) is 13.6. The number of aliphatic hydroxyl groups is 1. The van der Waals surface area contributed by atoms with Crippen LogP contribution >= 0.6 is 0 Å². The molecule has 43 heavy (non-hydrogen) atoms. The molecule has 1 amide bonds. The van der Waals surface area contributed by atoms with Crippen molar-refractivity contribution in [3.05, 3.63) is 108 Å². The van der Waals surface area contributed by atoms with Gasteiger partial charge in [0.05, 0.1) is 30.4 Å². The van der Waals surface area contributed by atoms with E-state index in [1.54, 1.807) is 22.7 Å². The van der Waals surface area contributed by atoms with Gasteiger partial charge in [-0.25, -0.2) is 0 Å². The van der Waals surface area contributed by atoms with Crippen LogP contribution in [0, 0.1) is 5.92 Å². The average molecular weight is 601 g/mol. The van der Waals surface area contributed by atoms with Gasteiger partial charge < -0.3 is 14.0 Å². The van der Waals surface area contributed by atoms with Gasteiger partial charge in [-0.1, -0.05) is 72.8 Å². The van der Waals surface area contributed by atoms with E-state index >= 15 is 4.11 Å². The molecule has 7 nitrogen and oxygen atoms in total. The first-order chi connectivity index (χ1) is 20.8. The van der Waals surface area contributed by atoms with Crippen molar-refractivity contribution < 1.29 is 18.7 Å². The van der Waals surface area contributed by atoms with Gasteiger partial charge in [0.25, 0.3) is 0 Å². The Bertz CT molecular complexity index is 1460. The number of carbonyl (C=O) groups excluding carboxylic acids is 1. The summed E-state index contributed by atoms with van der Waals surface area (Å²) in [7, 11) is -3.02. The monoisotopic (exact) mass is 600 g/mol. The predicted octanol–water partition coefficient (Wildman–Crippen LogP) is 6.67. The lowest BCUT2D eigenvalue weighted by Crippen LogP contribution is -2.36. The highest BCUT2D eigenvalue weighted by molar-refractivity contribution is 6.72. The van der Waals surface area contributed by atoms with Gasteiger partial charge in [0.2, 0.25) is 14.8 Å². The van der Waals surface area contributed by atoms with Crippen molar-refractivity contribution in [2.24, 2.45) is 5.92 Å². The van der Waals surface area contributed by atoms with Crippen LogP contribution in [0.1, 0.15) is 42.5 Å². The zero-order valence-electron chi connectivity index (χ0n) is 25.1. The highest BCUT2D eigenvalue weighted by atomic mass is 28.4. The molecule has 1 unspecified atom stereocenters. The number of carbonyl (C=O) groups is 1. The molecule has 0 spiro atoms. The molecule has 4 aromatic rings. The fourth-order valence-electron chi connectivity index (χ4n) is 6.58. The summed E-state index contributed by atoms with van der Waals surface area (Å²) < 4.78 is 24.1. The van der Waals surface area contributed by atoms with Crippen LogP contribution in [0.3, 0.4) is 0 Å². The number of aliphatic hydroxyl groups excluding tert-OH is 1. The summed E-state index contributed by atoms with van der Waals surface area (Å²) in [6.07, 6.45) is 4.65. The van der Waals surface area contributed by atoms with Crippen molar-refractivity contribution in [3.63, 3.8) is 0 Å². The molecular formula is C34H41FN4O3Si. The molecule has 9 heteroatoms.